The van der Waals surface area contributed by atoms with Crippen LogP contribution in [-0.4, -0.2) is 39.3 Å². The molecule has 1 aromatic rings. The van der Waals surface area contributed by atoms with E-state index in [1.165, 1.54) is 21.8 Å². The number of amides is 3. The van der Waals surface area contributed by atoms with Crippen molar-refractivity contribution in [3.8, 4) is 0 Å². The van der Waals surface area contributed by atoms with Gasteiger partial charge in [0.15, 0.2) is 0 Å². The minimum absolute atomic E-state index is 0.0170. The number of carbonyl (C=O) groups excluding carboxylic acids is 3. The molecule has 0 aromatic carbocycles. The molecule has 2 aliphatic heterocycles. The van der Waals surface area contributed by atoms with Gasteiger partial charge in [0.1, 0.15) is 6.04 Å². The number of carbonyl (C=O) groups is 3. The molecule has 1 aromatic heterocycles. The van der Waals surface area contributed by atoms with Gasteiger partial charge in [-0.2, -0.15) is 0 Å². The van der Waals surface area contributed by atoms with Crippen molar-refractivity contribution in [2.24, 2.45) is 11.3 Å². The van der Waals surface area contributed by atoms with Gasteiger partial charge in [0.2, 0.25) is 5.91 Å². The monoisotopic (exact) mass is 435 g/mol. The Balaban J connectivity index is 1.37. The van der Waals surface area contributed by atoms with Crippen LogP contribution in [0.5, 0.6) is 0 Å². The molecule has 0 saturated carbocycles. The van der Waals surface area contributed by atoms with Crippen molar-refractivity contribution in [1.29, 1.82) is 0 Å². The molecule has 2 fully saturated rings. The van der Waals surface area contributed by atoms with Crippen molar-refractivity contribution in [1.82, 2.24) is 15.8 Å². The Morgan fingerprint density at radius 1 is 1.24 bits per heavy atom. The van der Waals surface area contributed by atoms with Crippen molar-refractivity contribution in [2.75, 3.05) is 5.75 Å². The second-order valence-electron chi connectivity index (χ2n) is 9.57. The van der Waals surface area contributed by atoms with Crippen molar-refractivity contribution in [2.45, 2.75) is 70.7 Å². The number of nitrogens with one attached hydrogen (secondary N) is 2. The molecule has 3 aliphatic rings. The summed E-state index contributed by atoms with van der Waals surface area (Å²) in [5.41, 5.74) is 6.63. The summed E-state index contributed by atoms with van der Waals surface area (Å²) in [7, 11) is 0. The fraction of sp³-hybridized carbons (Fsp3) is 0.667. The van der Waals surface area contributed by atoms with Crippen LogP contribution in [0.25, 0.3) is 0 Å². The largest absolute Gasteiger partial charge is 0.315 e. The standard InChI is InChI=1S/C21H29N3O3S2/c1-20(2,3)13-5-6-15-12(9-13)10-16(29-15)19(27)23-22-18(26)14-11-28-21(4)8-7-17(25)24(14)21/h10,13-14H,5-9,11H2,1-4H3,(H,22,26)(H,23,27)/t13-,14+,21-/m1/s1. The summed E-state index contributed by atoms with van der Waals surface area (Å²) in [6, 6.07) is 1.45. The highest BCUT2D eigenvalue weighted by atomic mass is 32.2. The van der Waals surface area contributed by atoms with Crippen molar-refractivity contribution in [3.63, 3.8) is 0 Å². The predicted molar refractivity (Wildman–Crippen MR) is 116 cm³/mol. The van der Waals surface area contributed by atoms with Crippen LogP contribution in [0.2, 0.25) is 0 Å². The number of fused-ring (bicyclic) bond motifs is 2. The van der Waals surface area contributed by atoms with E-state index in [0.29, 0.717) is 23.0 Å². The summed E-state index contributed by atoms with van der Waals surface area (Å²) < 4.78 is 0. The molecule has 158 valence electrons. The zero-order valence-corrected chi connectivity index (χ0v) is 19.1. The normalized spacial score (nSPS) is 28.8. The number of rotatable bonds is 2. The number of hydrazine groups is 1. The molecule has 29 heavy (non-hydrogen) atoms. The first-order valence-corrected chi connectivity index (χ1v) is 12.1. The van der Waals surface area contributed by atoms with Crippen LogP contribution >= 0.6 is 23.1 Å². The Labute approximate surface area is 180 Å². The highest BCUT2D eigenvalue weighted by molar-refractivity contribution is 8.01. The zero-order chi connectivity index (χ0) is 21.0. The minimum Gasteiger partial charge on any atom is -0.315 e. The van der Waals surface area contributed by atoms with Crippen LogP contribution in [0.3, 0.4) is 0 Å². The lowest BCUT2D eigenvalue weighted by atomic mass is 9.72. The summed E-state index contributed by atoms with van der Waals surface area (Å²) >= 11 is 3.16. The van der Waals surface area contributed by atoms with E-state index in [9.17, 15) is 14.4 Å². The van der Waals surface area contributed by atoms with E-state index in [-0.39, 0.29) is 28.0 Å². The maximum atomic E-state index is 12.6. The van der Waals surface area contributed by atoms with Crippen LogP contribution in [-0.2, 0) is 22.4 Å². The summed E-state index contributed by atoms with van der Waals surface area (Å²) in [5.74, 6) is 0.590. The lowest BCUT2D eigenvalue weighted by Gasteiger charge is -2.33. The Bertz CT molecular complexity index is 860. The van der Waals surface area contributed by atoms with Crippen molar-refractivity contribution < 1.29 is 14.4 Å². The molecule has 0 radical (unpaired) electrons. The molecule has 1 aliphatic carbocycles. The number of thiophene rings is 1. The smallest absolute Gasteiger partial charge is 0.279 e. The second kappa shape index (κ2) is 7.30. The van der Waals surface area contributed by atoms with Gasteiger partial charge in [-0.1, -0.05) is 20.8 Å². The first kappa shape index (κ1) is 20.7. The van der Waals surface area contributed by atoms with Gasteiger partial charge >= 0.3 is 0 Å². The summed E-state index contributed by atoms with van der Waals surface area (Å²) in [6.45, 7) is 8.83. The van der Waals surface area contributed by atoms with Gasteiger partial charge in [-0.05, 0) is 55.6 Å². The quantitative estimate of drug-likeness (QED) is 0.700. The topological polar surface area (TPSA) is 78.5 Å². The molecular formula is C21H29N3O3S2. The maximum absolute atomic E-state index is 12.6. The summed E-state index contributed by atoms with van der Waals surface area (Å²) in [5, 5.41) is 0. The molecule has 3 heterocycles. The van der Waals surface area contributed by atoms with Crippen LogP contribution in [0, 0.1) is 11.3 Å². The van der Waals surface area contributed by atoms with Gasteiger partial charge in [0.05, 0.1) is 9.75 Å². The molecule has 3 amide bonds. The van der Waals surface area contributed by atoms with Crippen molar-refractivity contribution in [3.05, 3.63) is 21.4 Å². The summed E-state index contributed by atoms with van der Waals surface area (Å²) in [4.78, 5) is 40.8. The Hall–Kier alpha value is -1.54. The van der Waals surface area contributed by atoms with E-state index in [1.807, 2.05) is 13.0 Å². The third-order valence-electron chi connectivity index (χ3n) is 6.58. The first-order valence-electron chi connectivity index (χ1n) is 10.3. The molecule has 4 rings (SSSR count). The highest BCUT2D eigenvalue weighted by Gasteiger charge is 2.53. The molecule has 3 atom stereocenters. The van der Waals surface area contributed by atoms with Crippen LogP contribution < -0.4 is 10.9 Å². The Morgan fingerprint density at radius 3 is 2.72 bits per heavy atom. The van der Waals surface area contributed by atoms with Crippen LogP contribution in [0.4, 0.5) is 0 Å². The highest BCUT2D eigenvalue weighted by Crippen LogP contribution is 2.47. The lowest BCUT2D eigenvalue weighted by molar-refractivity contribution is -0.138. The van der Waals surface area contributed by atoms with Gasteiger partial charge in [0, 0.05) is 17.1 Å². The van der Waals surface area contributed by atoms with Gasteiger partial charge in [0.25, 0.3) is 11.8 Å². The average Bonchev–Trinajstić information content (AvgIpc) is 3.31. The average molecular weight is 436 g/mol. The molecule has 2 N–H and O–H groups in total. The predicted octanol–water partition coefficient (Wildman–Crippen LogP) is 3.11. The van der Waals surface area contributed by atoms with E-state index in [1.54, 1.807) is 16.7 Å². The number of nitrogens with zero attached hydrogens (tertiary/aromatic N) is 1. The van der Waals surface area contributed by atoms with Gasteiger partial charge in [-0.15, -0.1) is 23.1 Å². The fourth-order valence-electron chi connectivity index (χ4n) is 4.65. The lowest BCUT2D eigenvalue weighted by Crippen LogP contribution is -2.54. The molecule has 0 unspecified atom stereocenters. The third kappa shape index (κ3) is 3.81. The SMILES string of the molecule is CC(C)(C)[C@@H]1CCc2sc(C(=O)NNC(=O)[C@@H]3CS[C@]4(C)CCC(=O)N34)cc2C1. The van der Waals surface area contributed by atoms with Crippen LogP contribution in [0.15, 0.2) is 6.07 Å². The number of aryl methyl sites for hydroxylation is 1. The second-order valence-corrected chi connectivity index (χ2v) is 12.2. The van der Waals surface area contributed by atoms with Gasteiger partial charge in [-0.3, -0.25) is 25.2 Å². The third-order valence-corrected chi connectivity index (χ3v) is 9.32. The number of hydrogen-bond donors (Lipinski definition) is 2. The van der Waals surface area contributed by atoms with E-state index < -0.39 is 6.04 Å². The molecule has 0 spiro atoms. The number of hydrogen-bond acceptors (Lipinski definition) is 5. The maximum Gasteiger partial charge on any atom is 0.279 e. The van der Waals surface area contributed by atoms with Gasteiger partial charge < -0.3 is 4.90 Å². The first-order chi connectivity index (χ1) is 13.6. The van der Waals surface area contributed by atoms with E-state index in [0.717, 1.165) is 25.7 Å². The number of thioether (sulfide) groups is 1. The molecule has 8 heteroatoms. The van der Waals surface area contributed by atoms with Crippen LogP contribution in [0.1, 0.15) is 67.1 Å². The molecular weight excluding hydrogens is 406 g/mol. The molecule has 0 bridgehead atoms. The molecule has 6 nitrogen and oxygen atoms in total. The fourth-order valence-corrected chi connectivity index (χ4v) is 7.19. The zero-order valence-electron chi connectivity index (χ0n) is 17.5. The van der Waals surface area contributed by atoms with E-state index in [2.05, 4.69) is 31.6 Å². The van der Waals surface area contributed by atoms with E-state index >= 15 is 0 Å². The van der Waals surface area contributed by atoms with Gasteiger partial charge in [-0.25, -0.2) is 0 Å². The molecule has 2 saturated heterocycles. The Morgan fingerprint density at radius 2 is 2.00 bits per heavy atom. The summed E-state index contributed by atoms with van der Waals surface area (Å²) in [6.07, 6.45) is 4.41. The van der Waals surface area contributed by atoms with E-state index in [4.69, 9.17) is 0 Å². The minimum atomic E-state index is -0.524. The Kier molecular flexibility index (Phi) is 5.22. The van der Waals surface area contributed by atoms with Crippen molar-refractivity contribution >= 4 is 40.8 Å².